The lowest BCUT2D eigenvalue weighted by molar-refractivity contribution is -0.138. The summed E-state index contributed by atoms with van der Waals surface area (Å²) in [5.74, 6) is -1.41. The van der Waals surface area contributed by atoms with Crippen molar-refractivity contribution in [1.29, 1.82) is 0 Å². The molecule has 1 amide bonds. The average Bonchev–Trinajstić information content (AvgIpc) is 2.80. The molecule has 1 aromatic carbocycles. The lowest BCUT2D eigenvalue weighted by Crippen LogP contribution is -2.50. The van der Waals surface area contributed by atoms with Gasteiger partial charge in [0, 0.05) is 6.54 Å². The molecule has 178 valence electrons. The van der Waals surface area contributed by atoms with Crippen molar-refractivity contribution in [3.63, 3.8) is 0 Å². The fraction of sp³-hybridized carbons (Fsp3) is 0.455. The molecule has 0 saturated carbocycles. The molecule has 6 N–H and O–H groups in total. The highest BCUT2D eigenvalue weighted by molar-refractivity contribution is 6.31. The van der Waals surface area contributed by atoms with Gasteiger partial charge in [-0.15, -0.1) is 0 Å². The molecule has 1 atom stereocenters. The van der Waals surface area contributed by atoms with E-state index in [1.165, 1.54) is 6.42 Å². The van der Waals surface area contributed by atoms with E-state index in [-0.39, 0.29) is 28.9 Å². The number of amides is 1. The number of carboxylic acids is 1. The van der Waals surface area contributed by atoms with Crippen LogP contribution in [0.3, 0.4) is 0 Å². The molecule has 0 aliphatic carbocycles. The molecule has 11 heteroatoms. The highest BCUT2D eigenvalue weighted by Gasteiger charge is 2.38. The Kier molecular flexibility index (Phi) is 7.93. The highest BCUT2D eigenvalue weighted by Crippen LogP contribution is 2.32. The number of benzene rings is 1. The van der Waals surface area contributed by atoms with Crippen molar-refractivity contribution in [2.24, 2.45) is 0 Å². The standard InChI is InChI=1S/C22H29ClN6O4/c1-33-15-7-5-14(6-8-15)22(13-16(30)31,9-12-29-10-3-2-4-11-29)28-21(32)17-19(24)27-20(25)18(23)26-17/h5-8H,2-4,9-13H2,1H3,(H,28,32)(H,30,31)(H4,24,25,27). The van der Waals surface area contributed by atoms with Gasteiger partial charge in [0.2, 0.25) is 0 Å². The second kappa shape index (κ2) is 10.7. The van der Waals surface area contributed by atoms with Crippen molar-refractivity contribution in [3.8, 4) is 5.75 Å². The van der Waals surface area contributed by atoms with Crippen LogP contribution in [0.25, 0.3) is 0 Å². The van der Waals surface area contributed by atoms with Crippen molar-refractivity contribution >= 4 is 35.1 Å². The van der Waals surface area contributed by atoms with E-state index in [0.717, 1.165) is 25.9 Å². The number of hydrogen-bond donors (Lipinski definition) is 4. The number of likely N-dealkylation sites (tertiary alicyclic amines) is 1. The summed E-state index contributed by atoms with van der Waals surface area (Å²) in [5.41, 5.74) is 10.7. The van der Waals surface area contributed by atoms with E-state index in [0.29, 0.717) is 24.3 Å². The van der Waals surface area contributed by atoms with Gasteiger partial charge in [0.15, 0.2) is 22.5 Å². The number of anilines is 2. The molecule has 0 radical (unpaired) electrons. The maximum Gasteiger partial charge on any atom is 0.306 e. The van der Waals surface area contributed by atoms with Gasteiger partial charge in [-0.3, -0.25) is 9.59 Å². The highest BCUT2D eigenvalue weighted by atomic mass is 35.5. The SMILES string of the molecule is COc1ccc(C(CCN2CCCCC2)(CC(=O)O)NC(=O)c2nc(Cl)c(N)nc2N)cc1. The van der Waals surface area contributed by atoms with E-state index in [1.54, 1.807) is 31.4 Å². The normalized spacial score (nSPS) is 16.1. The first kappa shape index (κ1) is 24.5. The average molecular weight is 477 g/mol. The number of nitrogens with two attached hydrogens (primary N) is 2. The monoisotopic (exact) mass is 476 g/mol. The molecule has 0 bridgehead atoms. The van der Waals surface area contributed by atoms with Crippen LogP contribution >= 0.6 is 11.6 Å². The zero-order valence-electron chi connectivity index (χ0n) is 18.5. The summed E-state index contributed by atoms with van der Waals surface area (Å²) in [5, 5.41) is 12.5. The van der Waals surface area contributed by atoms with Crippen molar-refractivity contribution in [2.75, 3.05) is 38.2 Å². The zero-order valence-corrected chi connectivity index (χ0v) is 19.3. The molecule has 0 spiro atoms. The number of carbonyl (C=O) groups is 2. The third kappa shape index (κ3) is 6.02. The van der Waals surface area contributed by atoms with Gasteiger partial charge in [0.25, 0.3) is 5.91 Å². The molecule has 1 aliphatic heterocycles. The summed E-state index contributed by atoms with van der Waals surface area (Å²) in [6.45, 7) is 2.49. The molecule has 1 unspecified atom stereocenters. The van der Waals surface area contributed by atoms with Crippen LogP contribution in [0, 0.1) is 0 Å². The first-order valence-electron chi connectivity index (χ1n) is 10.7. The van der Waals surface area contributed by atoms with Gasteiger partial charge < -0.3 is 31.5 Å². The molecule has 2 heterocycles. The van der Waals surface area contributed by atoms with E-state index < -0.39 is 17.4 Å². The summed E-state index contributed by atoms with van der Waals surface area (Å²) in [6, 6.07) is 6.97. The summed E-state index contributed by atoms with van der Waals surface area (Å²) in [4.78, 5) is 35.3. The zero-order chi connectivity index (χ0) is 24.0. The number of halogens is 1. The second-order valence-electron chi connectivity index (χ2n) is 8.12. The van der Waals surface area contributed by atoms with Crippen molar-refractivity contribution in [1.82, 2.24) is 20.2 Å². The molecule has 2 aromatic rings. The molecule has 1 aliphatic rings. The molecule has 1 aromatic heterocycles. The minimum atomic E-state index is -1.23. The predicted octanol–water partition coefficient (Wildman–Crippen LogP) is 2.28. The smallest absolute Gasteiger partial charge is 0.306 e. The summed E-state index contributed by atoms with van der Waals surface area (Å²) >= 11 is 5.95. The largest absolute Gasteiger partial charge is 0.497 e. The first-order valence-corrected chi connectivity index (χ1v) is 11.1. The van der Waals surface area contributed by atoms with Crippen LogP contribution in [0.15, 0.2) is 24.3 Å². The first-order chi connectivity index (χ1) is 15.7. The third-order valence-electron chi connectivity index (χ3n) is 5.87. The molecule has 10 nitrogen and oxygen atoms in total. The summed E-state index contributed by atoms with van der Waals surface area (Å²) < 4.78 is 5.24. The van der Waals surface area contributed by atoms with Gasteiger partial charge >= 0.3 is 5.97 Å². The Morgan fingerprint density at radius 3 is 2.42 bits per heavy atom. The van der Waals surface area contributed by atoms with Crippen LogP contribution in [0.2, 0.25) is 5.15 Å². The summed E-state index contributed by atoms with van der Waals surface area (Å²) in [7, 11) is 1.55. The fourth-order valence-electron chi connectivity index (χ4n) is 4.10. The van der Waals surface area contributed by atoms with Gasteiger partial charge in [-0.1, -0.05) is 30.2 Å². The van der Waals surface area contributed by atoms with Gasteiger partial charge in [-0.25, -0.2) is 9.97 Å². The lowest BCUT2D eigenvalue weighted by atomic mass is 9.82. The van der Waals surface area contributed by atoms with Gasteiger partial charge in [-0.05, 0) is 50.0 Å². The number of nitrogen functional groups attached to an aromatic ring is 2. The second-order valence-corrected chi connectivity index (χ2v) is 8.48. The van der Waals surface area contributed by atoms with Gasteiger partial charge in [0.05, 0.1) is 19.1 Å². The van der Waals surface area contributed by atoms with Crippen LogP contribution < -0.4 is 21.5 Å². The number of piperidine rings is 1. The van der Waals surface area contributed by atoms with Crippen LogP contribution in [-0.2, 0) is 10.3 Å². The Morgan fingerprint density at radius 2 is 1.82 bits per heavy atom. The lowest BCUT2D eigenvalue weighted by Gasteiger charge is -2.37. The van der Waals surface area contributed by atoms with Crippen LogP contribution in [-0.4, -0.2) is 58.6 Å². The van der Waals surface area contributed by atoms with E-state index in [1.807, 2.05) is 0 Å². The van der Waals surface area contributed by atoms with E-state index in [4.69, 9.17) is 27.8 Å². The van der Waals surface area contributed by atoms with Crippen molar-refractivity contribution in [3.05, 3.63) is 40.7 Å². The molecular weight excluding hydrogens is 448 g/mol. The molecule has 33 heavy (non-hydrogen) atoms. The maximum absolute atomic E-state index is 13.2. The quantitative estimate of drug-likeness (QED) is 0.426. The molecule has 3 rings (SSSR count). The number of nitrogens with zero attached hydrogens (tertiary/aromatic N) is 3. The minimum Gasteiger partial charge on any atom is -0.497 e. The van der Waals surface area contributed by atoms with Crippen molar-refractivity contribution < 1.29 is 19.4 Å². The number of rotatable bonds is 9. The van der Waals surface area contributed by atoms with Crippen molar-refractivity contribution in [2.45, 2.75) is 37.6 Å². The third-order valence-corrected chi connectivity index (χ3v) is 6.15. The topological polar surface area (TPSA) is 157 Å². The van der Waals surface area contributed by atoms with Gasteiger partial charge in [-0.2, -0.15) is 0 Å². The minimum absolute atomic E-state index is 0.0947. The molecule has 1 saturated heterocycles. The number of carboxylic acid groups (broad SMARTS) is 1. The predicted molar refractivity (Wildman–Crippen MR) is 125 cm³/mol. The van der Waals surface area contributed by atoms with E-state index in [2.05, 4.69) is 20.2 Å². The van der Waals surface area contributed by atoms with E-state index >= 15 is 0 Å². The number of hydrogen-bond acceptors (Lipinski definition) is 8. The van der Waals surface area contributed by atoms with Crippen LogP contribution in [0.1, 0.15) is 48.2 Å². The molecule has 1 fully saturated rings. The summed E-state index contributed by atoms with van der Waals surface area (Å²) in [6.07, 6.45) is 3.40. The van der Waals surface area contributed by atoms with Gasteiger partial charge in [0.1, 0.15) is 5.75 Å². The van der Waals surface area contributed by atoms with Crippen LogP contribution in [0.4, 0.5) is 11.6 Å². The Labute approximate surface area is 197 Å². The molecular formula is C22H29ClN6O4. The number of aliphatic carboxylic acids is 1. The maximum atomic E-state index is 13.2. The Balaban J connectivity index is 1.99. The number of methoxy groups -OCH3 is 1. The number of carbonyl (C=O) groups excluding carboxylic acids is 1. The number of nitrogens with one attached hydrogen (secondary N) is 1. The van der Waals surface area contributed by atoms with Crippen LogP contribution in [0.5, 0.6) is 5.75 Å². The fourth-order valence-corrected chi connectivity index (χ4v) is 4.23. The number of ether oxygens (including phenoxy) is 1. The Hall–Kier alpha value is -3.11. The van der Waals surface area contributed by atoms with E-state index in [9.17, 15) is 14.7 Å². The number of aromatic nitrogens is 2. The Morgan fingerprint density at radius 1 is 1.15 bits per heavy atom. The Bertz CT molecular complexity index is 997.